The van der Waals surface area contributed by atoms with Crippen molar-refractivity contribution in [2.24, 2.45) is 0 Å². The molecule has 0 fully saturated rings. The molecule has 0 aromatic heterocycles. The molecule has 0 saturated carbocycles. The highest BCUT2D eigenvalue weighted by Crippen LogP contribution is 2.27. The molecule has 0 heterocycles. The van der Waals surface area contributed by atoms with Crippen molar-refractivity contribution in [3.8, 4) is 5.75 Å². The average molecular weight is 301 g/mol. The third-order valence-corrected chi connectivity index (χ3v) is 4.42. The number of phenols is 1. The number of anilines is 1. The summed E-state index contributed by atoms with van der Waals surface area (Å²) in [6.45, 7) is 5.29. The molecule has 6 nitrogen and oxygen atoms in total. The summed E-state index contributed by atoms with van der Waals surface area (Å²) in [5.74, 6) is -1.54. The fourth-order valence-corrected chi connectivity index (χ4v) is 3.24. The van der Waals surface area contributed by atoms with E-state index >= 15 is 0 Å². The van der Waals surface area contributed by atoms with Crippen LogP contribution in [0.1, 0.15) is 19.4 Å². The molecule has 0 spiro atoms. The molecule has 0 atom stereocenters. The fourth-order valence-electron chi connectivity index (χ4n) is 1.81. The second-order valence-electron chi connectivity index (χ2n) is 4.20. The first-order valence-electron chi connectivity index (χ1n) is 6.27. The highest BCUT2D eigenvalue weighted by Gasteiger charge is 2.26. The first kappa shape index (κ1) is 16.3. The standard InChI is InChI=1S/C13H19NO5S/c1-4-14(12-8-11(15)7-6-10(12)3)20(17,18)9-13(16)19-5-2/h6-8,15H,4-5,9H2,1-3H3. The van der Waals surface area contributed by atoms with Gasteiger partial charge in [0.1, 0.15) is 5.75 Å². The molecule has 20 heavy (non-hydrogen) atoms. The van der Waals surface area contributed by atoms with E-state index in [0.717, 1.165) is 4.31 Å². The molecule has 0 bridgehead atoms. The Hall–Kier alpha value is -1.76. The quantitative estimate of drug-likeness (QED) is 0.803. The molecule has 1 aromatic rings. The first-order valence-corrected chi connectivity index (χ1v) is 7.88. The molecule has 0 saturated heterocycles. The number of benzene rings is 1. The van der Waals surface area contributed by atoms with E-state index in [-0.39, 0.29) is 18.9 Å². The molecule has 0 aliphatic heterocycles. The average Bonchev–Trinajstić information content (AvgIpc) is 2.33. The summed E-state index contributed by atoms with van der Waals surface area (Å²) in [4.78, 5) is 11.4. The summed E-state index contributed by atoms with van der Waals surface area (Å²) in [5, 5.41) is 9.50. The zero-order chi connectivity index (χ0) is 15.3. The molecule has 1 aromatic carbocycles. The van der Waals surface area contributed by atoms with Gasteiger partial charge in [0.2, 0.25) is 10.0 Å². The Bertz CT molecular complexity index is 582. The Morgan fingerprint density at radius 1 is 1.35 bits per heavy atom. The monoisotopic (exact) mass is 301 g/mol. The number of sulfonamides is 1. The van der Waals surface area contributed by atoms with Gasteiger partial charge in [-0.3, -0.25) is 9.10 Å². The number of aromatic hydroxyl groups is 1. The van der Waals surface area contributed by atoms with E-state index in [0.29, 0.717) is 11.3 Å². The normalized spacial score (nSPS) is 11.2. The second kappa shape index (κ2) is 6.60. The van der Waals surface area contributed by atoms with Crippen molar-refractivity contribution in [2.75, 3.05) is 23.2 Å². The molecular weight excluding hydrogens is 282 g/mol. The van der Waals surface area contributed by atoms with Crippen LogP contribution in [-0.2, 0) is 19.6 Å². The van der Waals surface area contributed by atoms with Crippen molar-refractivity contribution < 1.29 is 23.1 Å². The molecular formula is C13H19NO5S. The molecule has 0 amide bonds. The number of ether oxygens (including phenoxy) is 1. The van der Waals surface area contributed by atoms with E-state index in [1.54, 1.807) is 26.8 Å². The number of rotatable bonds is 6. The number of phenolic OH excluding ortho intramolecular Hbond substituents is 1. The minimum atomic E-state index is -3.84. The predicted molar refractivity (Wildman–Crippen MR) is 76.3 cm³/mol. The van der Waals surface area contributed by atoms with E-state index in [2.05, 4.69) is 4.74 Å². The molecule has 0 radical (unpaired) electrons. The summed E-state index contributed by atoms with van der Waals surface area (Å²) in [7, 11) is -3.84. The largest absolute Gasteiger partial charge is 0.508 e. The Morgan fingerprint density at radius 2 is 2.00 bits per heavy atom. The Labute approximate surface area is 119 Å². The highest BCUT2D eigenvalue weighted by molar-refractivity contribution is 7.93. The fraction of sp³-hybridized carbons (Fsp3) is 0.462. The molecule has 1 rings (SSSR count). The highest BCUT2D eigenvalue weighted by atomic mass is 32.2. The van der Waals surface area contributed by atoms with Crippen LogP contribution in [0.25, 0.3) is 0 Å². The van der Waals surface area contributed by atoms with Crippen LogP contribution < -0.4 is 4.31 Å². The van der Waals surface area contributed by atoms with Crippen LogP contribution in [0.4, 0.5) is 5.69 Å². The third kappa shape index (κ3) is 3.86. The van der Waals surface area contributed by atoms with Crippen molar-refractivity contribution in [2.45, 2.75) is 20.8 Å². The third-order valence-electron chi connectivity index (χ3n) is 2.69. The zero-order valence-electron chi connectivity index (χ0n) is 11.8. The number of carbonyl (C=O) groups is 1. The van der Waals surface area contributed by atoms with Gasteiger partial charge >= 0.3 is 5.97 Å². The summed E-state index contributed by atoms with van der Waals surface area (Å²) in [5.41, 5.74) is 1.05. The second-order valence-corrected chi connectivity index (χ2v) is 6.09. The van der Waals surface area contributed by atoms with Gasteiger partial charge in [0.25, 0.3) is 0 Å². The summed E-state index contributed by atoms with van der Waals surface area (Å²) >= 11 is 0. The topological polar surface area (TPSA) is 83.9 Å². The first-order chi connectivity index (χ1) is 9.31. The van der Waals surface area contributed by atoms with Crippen LogP contribution in [0.3, 0.4) is 0 Å². The lowest BCUT2D eigenvalue weighted by Gasteiger charge is -2.24. The van der Waals surface area contributed by atoms with Gasteiger partial charge in [-0.2, -0.15) is 0 Å². The van der Waals surface area contributed by atoms with Gasteiger partial charge < -0.3 is 9.84 Å². The lowest BCUT2D eigenvalue weighted by atomic mass is 10.2. The zero-order valence-corrected chi connectivity index (χ0v) is 12.6. The van der Waals surface area contributed by atoms with Crippen LogP contribution >= 0.6 is 0 Å². The van der Waals surface area contributed by atoms with Gasteiger partial charge in [0.05, 0.1) is 12.3 Å². The van der Waals surface area contributed by atoms with Crippen LogP contribution in [0.5, 0.6) is 5.75 Å². The number of hydrogen-bond donors (Lipinski definition) is 1. The van der Waals surface area contributed by atoms with Gasteiger partial charge in [-0.25, -0.2) is 8.42 Å². The number of nitrogens with zero attached hydrogens (tertiary/aromatic N) is 1. The van der Waals surface area contributed by atoms with Gasteiger partial charge in [0.15, 0.2) is 5.75 Å². The van der Waals surface area contributed by atoms with Crippen molar-refractivity contribution in [3.05, 3.63) is 23.8 Å². The van der Waals surface area contributed by atoms with Crippen LogP contribution in [0.2, 0.25) is 0 Å². The minimum absolute atomic E-state index is 0.0321. The predicted octanol–water partition coefficient (Wildman–Crippen LogP) is 1.42. The molecule has 7 heteroatoms. The Morgan fingerprint density at radius 3 is 2.55 bits per heavy atom. The van der Waals surface area contributed by atoms with Gasteiger partial charge in [-0.15, -0.1) is 0 Å². The molecule has 1 N–H and O–H groups in total. The molecule has 0 aliphatic carbocycles. The number of carbonyl (C=O) groups excluding carboxylic acids is 1. The van der Waals surface area contributed by atoms with E-state index in [1.807, 2.05) is 0 Å². The lowest BCUT2D eigenvalue weighted by molar-refractivity contribution is -0.139. The maximum atomic E-state index is 12.3. The van der Waals surface area contributed by atoms with Crippen LogP contribution in [-0.4, -0.2) is 38.4 Å². The van der Waals surface area contributed by atoms with Crippen LogP contribution in [0.15, 0.2) is 18.2 Å². The van der Waals surface area contributed by atoms with Crippen molar-refractivity contribution >= 4 is 21.7 Å². The lowest BCUT2D eigenvalue weighted by Crippen LogP contribution is -2.36. The minimum Gasteiger partial charge on any atom is -0.508 e. The summed E-state index contributed by atoms with van der Waals surface area (Å²) < 4.78 is 30.3. The smallest absolute Gasteiger partial charge is 0.323 e. The van der Waals surface area contributed by atoms with Crippen molar-refractivity contribution in [1.82, 2.24) is 0 Å². The maximum absolute atomic E-state index is 12.3. The number of aryl methyl sites for hydroxylation is 1. The van der Waals surface area contributed by atoms with E-state index in [4.69, 9.17) is 0 Å². The number of hydrogen-bond acceptors (Lipinski definition) is 5. The molecule has 0 aliphatic rings. The van der Waals surface area contributed by atoms with Gasteiger partial charge in [0, 0.05) is 12.6 Å². The maximum Gasteiger partial charge on any atom is 0.323 e. The van der Waals surface area contributed by atoms with Crippen LogP contribution in [0, 0.1) is 6.92 Å². The van der Waals surface area contributed by atoms with E-state index in [9.17, 15) is 18.3 Å². The van der Waals surface area contributed by atoms with Crippen molar-refractivity contribution in [3.63, 3.8) is 0 Å². The summed E-state index contributed by atoms with van der Waals surface area (Å²) in [6, 6.07) is 4.46. The van der Waals surface area contributed by atoms with E-state index in [1.165, 1.54) is 12.1 Å². The number of esters is 1. The molecule has 112 valence electrons. The van der Waals surface area contributed by atoms with E-state index < -0.39 is 21.7 Å². The SMILES string of the molecule is CCOC(=O)CS(=O)(=O)N(CC)c1cc(O)ccc1C. The Kier molecular flexibility index (Phi) is 5.38. The van der Waals surface area contributed by atoms with Gasteiger partial charge in [-0.1, -0.05) is 6.07 Å². The summed E-state index contributed by atoms with van der Waals surface area (Å²) in [6.07, 6.45) is 0. The Balaban J connectivity index is 3.11. The van der Waals surface area contributed by atoms with Gasteiger partial charge in [-0.05, 0) is 32.4 Å². The molecule has 0 unspecified atom stereocenters. The van der Waals surface area contributed by atoms with Crippen molar-refractivity contribution in [1.29, 1.82) is 0 Å².